The van der Waals surface area contributed by atoms with E-state index in [1.807, 2.05) is 25.1 Å². The zero-order valence-electron chi connectivity index (χ0n) is 11.4. The molecule has 0 aliphatic heterocycles. The number of carbonyl (C=O) groups is 1. The maximum absolute atomic E-state index is 11.1. The zero-order valence-corrected chi connectivity index (χ0v) is 11.4. The molecular formula is C16H13N3O2. The Balaban J connectivity index is 2.00. The topological polar surface area (TPSA) is 78.1 Å². The molecule has 3 rings (SSSR count). The summed E-state index contributed by atoms with van der Waals surface area (Å²) < 4.78 is 5.80. The van der Waals surface area contributed by atoms with Crippen LogP contribution in [0.4, 0.5) is 0 Å². The van der Waals surface area contributed by atoms with E-state index in [2.05, 4.69) is 9.97 Å². The molecule has 0 saturated carbocycles. The number of primary amides is 1. The molecule has 1 aromatic heterocycles. The van der Waals surface area contributed by atoms with Gasteiger partial charge >= 0.3 is 0 Å². The van der Waals surface area contributed by atoms with Crippen molar-refractivity contribution in [2.75, 3.05) is 0 Å². The predicted octanol–water partition coefficient (Wildman–Crippen LogP) is 2.83. The van der Waals surface area contributed by atoms with Gasteiger partial charge in [0.25, 0.3) is 0 Å². The van der Waals surface area contributed by atoms with E-state index in [4.69, 9.17) is 10.5 Å². The number of amides is 1. The number of nitrogens with two attached hydrogens (primary N) is 1. The van der Waals surface area contributed by atoms with Gasteiger partial charge < -0.3 is 10.5 Å². The Kier molecular flexibility index (Phi) is 3.23. The number of ether oxygens (including phenoxy) is 1. The van der Waals surface area contributed by atoms with Crippen molar-refractivity contribution in [2.45, 2.75) is 6.92 Å². The van der Waals surface area contributed by atoms with E-state index < -0.39 is 5.91 Å². The van der Waals surface area contributed by atoms with Crippen molar-refractivity contribution < 1.29 is 9.53 Å². The molecule has 0 bridgehead atoms. The quantitative estimate of drug-likeness (QED) is 0.799. The summed E-state index contributed by atoms with van der Waals surface area (Å²) in [5.74, 6) is 0.609. The van der Waals surface area contributed by atoms with E-state index in [1.165, 1.54) is 6.33 Å². The fourth-order valence-electron chi connectivity index (χ4n) is 2.12. The van der Waals surface area contributed by atoms with E-state index in [0.717, 1.165) is 16.5 Å². The first-order valence-corrected chi connectivity index (χ1v) is 6.43. The van der Waals surface area contributed by atoms with Crippen molar-refractivity contribution in [3.05, 3.63) is 59.9 Å². The van der Waals surface area contributed by atoms with Crippen LogP contribution in [0.5, 0.6) is 11.6 Å². The first-order valence-electron chi connectivity index (χ1n) is 6.43. The Hall–Kier alpha value is -2.95. The lowest BCUT2D eigenvalue weighted by Gasteiger charge is -2.09. The van der Waals surface area contributed by atoms with Crippen molar-refractivity contribution in [3.8, 4) is 11.6 Å². The van der Waals surface area contributed by atoms with E-state index in [-0.39, 0.29) is 0 Å². The summed E-state index contributed by atoms with van der Waals surface area (Å²) in [5, 5.41) is 0.874. The standard InChI is InChI=1S/C16H13N3O2/c1-10-3-2-4-13-14(10)16(19-9-18-13)21-12-7-5-11(6-8-12)15(17)20/h2-9H,1H3,(H2,17,20). The number of benzene rings is 2. The Labute approximate surface area is 121 Å². The predicted molar refractivity (Wildman–Crippen MR) is 79.3 cm³/mol. The third-order valence-corrected chi connectivity index (χ3v) is 3.19. The van der Waals surface area contributed by atoms with Crippen LogP contribution in [0, 0.1) is 6.92 Å². The first-order chi connectivity index (χ1) is 10.1. The van der Waals surface area contributed by atoms with Crippen molar-refractivity contribution in [2.24, 2.45) is 5.73 Å². The molecule has 21 heavy (non-hydrogen) atoms. The van der Waals surface area contributed by atoms with Gasteiger partial charge in [-0.1, -0.05) is 12.1 Å². The van der Waals surface area contributed by atoms with Gasteiger partial charge in [-0.2, -0.15) is 0 Å². The fourth-order valence-corrected chi connectivity index (χ4v) is 2.12. The molecular weight excluding hydrogens is 266 g/mol. The molecule has 104 valence electrons. The molecule has 3 aromatic rings. The Morgan fingerprint density at radius 2 is 1.86 bits per heavy atom. The van der Waals surface area contributed by atoms with Crippen molar-refractivity contribution in [1.29, 1.82) is 0 Å². The van der Waals surface area contributed by atoms with Gasteiger partial charge in [0.1, 0.15) is 12.1 Å². The van der Waals surface area contributed by atoms with Crippen LogP contribution in [0.3, 0.4) is 0 Å². The lowest BCUT2D eigenvalue weighted by Crippen LogP contribution is -2.10. The smallest absolute Gasteiger partial charge is 0.248 e. The summed E-state index contributed by atoms with van der Waals surface area (Å²) in [7, 11) is 0. The summed E-state index contributed by atoms with van der Waals surface area (Å²) >= 11 is 0. The van der Waals surface area contributed by atoms with Crippen LogP contribution < -0.4 is 10.5 Å². The number of aryl methyl sites for hydroxylation is 1. The second-order valence-corrected chi connectivity index (χ2v) is 4.64. The summed E-state index contributed by atoms with van der Waals surface area (Å²) in [6.07, 6.45) is 1.47. The maximum atomic E-state index is 11.1. The minimum Gasteiger partial charge on any atom is -0.438 e. The molecule has 2 aromatic carbocycles. The highest BCUT2D eigenvalue weighted by molar-refractivity contribution is 5.92. The van der Waals surface area contributed by atoms with Gasteiger partial charge in [-0.15, -0.1) is 0 Å². The third kappa shape index (κ3) is 2.53. The van der Waals surface area contributed by atoms with Crippen LogP contribution in [0.25, 0.3) is 10.9 Å². The average Bonchev–Trinajstić information content (AvgIpc) is 2.48. The van der Waals surface area contributed by atoms with Gasteiger partial charge in [0.2, 0.25) is 11.8 Å². The van der Waals surface area contributed by atoms with E-state index in [9.17, 15) is 4.79 Å². The molecule has 0 atom stereocenters. The van der Waals surface area contributed by atoms with Crippen molar-refractivity contribution >= 4 is 16.8 Å². The number of hydrogen-bond acceptors (Lipinski definition) is 4. The second-order valence-electron chi connectivity index (χ2n) is 4.64. The van der Waals surface area contributed by atoms with Crippen molar-refractivity contribution in [1.82, 2.24) is 9.97 Å². The highest BCUT2D eigenvalue weighted by Crippen LogP contribution is 2.28. The van der Waals surface area contributed by atoms with Crippen LogP contribution in [-0.4, -0.2) is 15.9 Å². The third-order valence-electron chi connectivity index (χ3n) is 3.19. The highest BCUT2D eigenvalue weighted by atomic mass is 16.5. The minimum absolute atomic E-state index is 0.436. The SMILES string of the molecule is Cc1cccc2ncnc(Oc3ccc(C(N)=O)cc3)c12. The molecule has 0 fully saturated rings. The molecule has 5 nitrogen and oxygen atoms in total. The van der Waals surface area contributed by atoms with Gasteiger partial charge in [0, 0.05) is 5.56 Å². The van der Waals surface area contributed by atoms with Crippen molar-refractivity contribution in [3.63, 3.8) is 0 Å². The van der Waals surface area contributed by atoms with Gasteiger partial charge in [-0.25, -0.2) is 9.97 Å². The molecule has 5 heteroatoms. The van der Waals surface area contributed by atoms with Gasteiger partial charge in [-0.3, -0.25) is 4.79 Å². The monoisotopic (exact) mass is 279 g/mol. The molecule has 0 aliphatic carbocycles. The van der Waals surface area contributed by atoms with Crippen LogP contribution >= 0.6 is 0 Å². The minimum atomic E-state index is -0.468. The molecule has 0 unspecified atom stereocenters. The molecule has 0 aliphatic rings. The van der Waals surface area contributed by atoms with E-state index >= 15 is 0 Å². The molecule has 0 saturated heterocycles. The number of rotatable bonds is 3. The fraction of sp³-hybridized carbons (Fsp3) is 0.0625. The van der Waals surface area contributed by atoms with Gasteiger partial charge in [0.15, 0.2) is 0 Å². The van der Waals surface area contributed by atoms with Crippen LogP contribution in [0.15, 0.2) is 48.8 Å². The summed E-state index contributed by atoms with van der Waals surface area (Å²) in [6.45, 7) is 1.98. The lowest BCUT2D eigenvalue weighted by molar-refractivity contribution is 0.100. The van der Waals surface area contributed by atoms with E-state index in [0.29, 0.717) is 17.2 Å². The number of hydrogen-bond donors (Lipinski definition) is 1. The summed E-state index contributed by atoms with van der Waals surface area (Å²) in [6, 6.07) is 12.4. The number of carbonyl (C=O) groups excluding carboxylic acids is 1. The largest absolute Gasteiger partial charge is 0.438 e. The number of nitrogens with zero attached hydrogens (tertiary/aromatic N) is 2. The summed E-state index contributed by atoms with van der Waals surface area (Å²) in [5.41, 5.74) is 7.51. The number of aromatic nitrogens is 2. The van der Waals surface area contributed by atoms with Crippen LogP contribution in [-0.2, 0) is 0 Å². The lowest BCUT2D eigenvalue weighted by atomic mass is 10.1. The molecule has 2 N–H and O–H groups in total. The highest BCUT2D eigenvalue weighted by Gasteiger charge is 2.09. The molecule has 0 spiro atoms. The maximum Gasteiger partial charge on any atom is 0.248 e. The Bertz CT molecular complexity index is 808. The second kappa shape index (κ2) is 5.20. The van der Waals surface area contributed by atoms with Crippen LogP contribution in [0.1, 0.15) is 15.9 Å². The van der Waals surface area contributed by atoms with Crippen LogP contribution in [0.2, 0.25) is 0 Å². The first kappa shape index (κ1) is 13.1. The Morgan fingerprint density at radius 1 is 1.10 bits per heavy atom. The Morgan fingerprint density at radius 3 is 2.57 bits per heavy atom. The summed E-state index contributed by atoms with van der Waals surface area (Å²) in [4.78, 5) is 19.5. The molecule has 1 amide bonds. The van der Waals surface area contributed by atoms with Gasteiger partial charge in [0.05, 0.1) is 10.9 Å². The zero-order chi connectivity index (χ0) is 14.8. The van der Waals surface area contributed by atoms with Gasteiger partial charge in [-0.05, 0) is 42.8 Å². The number of fused-ring (bicyclic) bond motifs is 1. The molecule has 1 heterocycles. The molecule has 0 radical (unpaired) electrons. The van der Waals surface area contributed by atoms with E-state index in [1.54, 1.807) is 24.3 Å². The normalized spacial score (nSPS) is 10.5. The average molecular weight is 279 g/mol.